The summed E-state index contributed by atoms with van der Waals surface area (Å²) >= 11 is 6.71. The Balaban J connectivity index is 1.35. The highest BCUT2D eigenvalue weighted by atomic mass is 35.5. The molecule has 3 aliphatic heterocycles. The number of carbonyl (C=O) groups is 1. The van der Waals surface area contributed by atoms with Gasteiger partial charge in [0.25, 0.3) is 0 Å². The number of halogens is 1. The van der Waals surface area contributed by atoms with Crippen molar-refractivity contribution in [3.05, 3.63) is 64.8 Å². The smallest absolute Gasteiger partial charge is 0.318 e. The number of aliphatic hydroxyl groups is 1. The third-order valence-electron chi connectivity index (χ3n) is 9.44. The van der Waals surface area contributed by atoms with Crippen LogP contribution in [0.5, 0.6) is 6.01 Å². The number of ether oxygens (including phenoxy) is 1. The van der Waals surface area contributed by atoms with Crippen molar-refractivity contribution in [1.82, 2.24) is 19.8 Å². The van der Waals surface area contributed by atoms with Crippen molar-refractivity contribution in [2.75, 3.05) is 62.8 Å². The second kappa shape index (κ2) is 13.2. The van der Waals surface area contributed by atoms with E-state index in [0.29, 0.717) is 44.8 Å². The van der Waals surface area contributed by atoms with Gasteiger partial charge in [-0.15, -0.1) is 0 Å². The molecule has 236 valence electrons. The number of nitriles is 1. The molecule has 2 saturated heterocycles. The van der Waals surface area contributed by atoms with E-state index in [1.807, 2.05) is 19.1 Å². The first-order valence-corrected chi connectivity index (χ1v) is 16.0. The SMILES string of the molecule is CN1CCC[C@H]1COc1nc2c(c(N3CCN(C(=O)/C=C/CO)[C@](C)(CC#N)C3)n1)CCN(c1cccc3cccc(Cl)c13)C2. The summed E-state index contributed by atoms with van der Waals surface area (Å²) in [5.41, 5.74) is 2.32. The Morgan fingerprint density at radius 1 is 1.18 bits per heavy atom. The second-order valence-corrected chi connectivity index (χ2v) is 12.9. The number of benzene rings is 2. The number of fused-ring (bicyclic) bond motifs is 2. The molecule has 0 radical (unpaired) electrons. The van der Waals surface area contributed by atoms with E-state index in [1.165, 1.54) is 12.2 Å². The van der Waals surface area contributed by atoms with Crippen LogP contribution in [0.3, 0.4) is 0 Å². The quantitative estimate of drug-likeness (QED) is 0.367. The maximum absolute atomic E-state index is 13.0. The molecule has 1 aromatic heterocycles. The number of hydrogen-bond acceptors (Lipinski definition) is 9. The maximum Gasteiger partial charge on any atom is 0.318 e. The molecule has 11 heteroatoms. The number of hydrogen-bond donors (Lipinski definition) is 1. The van der Waals surface area contributed by atoms with Crippen LogP contribution >= 0.6 is 11.6 Å². The summed E-state index contributed by atoms with van der Waals surface area (Å²) in [7, 11) is 2.12. The third-order valence-corrected chi connectivity index (χ3v) is 9.75. The molecule has 0 unspecified atom stereocenters. The summed E-state index contributed by atoms with van der Waals surface area (Å²) in [6, 6.07) is 15.2. The average Bonchev–Trinajstić information content (AvgIpc) is 3.46. The fraction of sp³-hybridized carbons (Fsp3) is 0.471. The summed E-state index contributed by atoms with van der Waals surface area (Å²) in [5, 5.41) is 21.8. The molecule has 2 aromatic carbocycles. The predicted octanol–water partition coefficient (Wildman–Crippen LogP) is 4.19. The van der Waals surface area contributed by atoms with Crippen LogP contribution in [-0.2, 0) is 17.8 Å². The lowest BCUT2D eigenvalue weighted by atomic mass is 9.91. The topological polar surface area (TPSA) is 109 Å². The van der Waals surface area contributed by atoms with Crippen LogP contribution < -0.4 is 14.5 Å². The van der Waals surface area contributed by atoms with E-state index in [1.54, 1.807) is 4.90 Å². The van der Waals surface area contributed by atoms with Gasteiger partial charge >= 0.3 is 6.01 Å². The minimum absolute atomic E-state index is 0.169. The second-order valence-electron chi connectivity index (χ2n) is 12.5. The van der Waals surface area contributed by atoms with Crippen LogP contribution in [-0.4, -0.2) is 95.3 Å². The van der Waals surface area contributed by atoms with Crippen molar-refractivity contribution in [3.63, 3.8) is 0 Å². The number of anilines is 2. The van der Waals surface area contributed by atoms with Crippen molar-refractivity contribution >= 4 is 39.8 Å². The Bertz CT molecular complexity index is 1640. The Labute approximate surface area is 269 Å². The van der Waals surface area contributed by atoms with Gasteiger partial charge in [0, 0.05) is 54.9 Å². The molecule has 2 fully saturated rings. The van der Waals surface area contributed by atoms with Gasteiger partial charge in [0.1, 0.15) is 12.4 Å². The fourth-order valence-electron chi connectivity index (χ4n) is 7.01. The van der Waals surface area contributed by atoms with E-state index < -0.39 is 5.54 Å². The van der Waals surface area contributed by atoms with Crippen LogP contribution in [0.4, 0.5) is 11.5 Å². The van der Waals surface area contributed by atoms with Gasteiger partial charge in [-0.25, -0.2) is 0 Å². The van der Waals surface area contributed by atoms with Gasteiger partial charge < -0.3 is 29.4 Å². The Morgan fingerprint density at radius 2 is 2.00 bits per heavy atom. The van der Waals surface area contributed by atoms with Crippen molar-refractivity contribution in [1.29, 1.82) is 5.26 Å². The van der Waals surface area contributed by atoms with Crippen LogP contribution in [0.15, 0.2) is 48.6 Å². The molecule has 10 nitrogen and oxygen atoms in total. The average molecular weight is 630 g/mol. The first-order chi connectivity index (χ1) is 21.8. The molecule has 0 bridgehead atoms. The lowest BCUT2D eigenvalue weighted by Crippen LogP contribution is -2.62. The highest BCUT2D eigenvalue weighted by Crippen LogP contribution is 2.38. The van der Waals surface area contributed by atoms with Gasteiger partial charge in [-0.1, -0.05) is 41.9 Å². The fourth-order valence-corrected chi connectivity index (χ4v) is 7.29. The molecule has 0 spiro atoms. The Morgan fingerprint density at radius 3 is 2.76 bits per heavy atom. The number of rotatable bonds is 8. The highest BCUT2D eigenvalue weighted by Gasteiger charge is 2.41. The van der Waals surface area contributed by atoms with E-state index in [2.05, 4.69) is 52.1 Å². The summed E-state index contributed by atoms with van der Waals surface area (Å²) in [4.78, 5) is 31.6. The molecular weight excluding hydrogens is 590 g/mol. The number of aliphatic hydroxyl groups excluding tert-OH is 1. The zero-order chi connectivity index (χ0) is 31.6. The van der Waals surface area contributed by atoms with E-state index in [4.69, 9.17) is 26.3 Å². The zero-order valence-corrected chi connectivity index (χ0v) is 26.7. The molecular formula is C34H40ClN7O3. The third kappa shape index (κ3) is 6.30. The molecule has 0 saturated carbocycles. The van der Waals surface area contributed by atoms with Gasteiger partial charge in [0.05, 0.1) is 41.9 Å². The summed E-state index contributed by atoms with van der Waals surface area (Å²) < 4.78 is 6.31. The number of carbonyl (C=O) groups excluding carboxylic acids is 1. The summed E-state index contributed by atoms with van der Waals surface area (Å²) in [6.45, 7) is 6.07. The van der Waals surface area contributed by atoms with Crippen LogP contribution in [0.25, 0.3) is 10.8 Å². The molecule has 6 rings (SSSR count). The van der Waals surface area contributed by atoms with E-state index in [-0.39, 0.29) is 18.9 Å². The highest BCUT2D eigenvalue weighted by molar-refractivity contribution is 6.36. The van der Waals surface area contributed by atoms with Gasteiger partial charge in [-0.05, 0) is 57.3 Å². The standard InChI is InChI=1S/C34H40ClN7O3/c1-34(14-15-36)23-41(18-19-42(34)30(44)12-6-20-43)32-26-13-17-40(29-11-4-8-24-7-3-10-27(35)31(24)29)21-28(26)37-33(38-32)45-22-25-9-5-16-39(25)2/h3-4,6-8,10-12,25,43H,5,9,13-14,16-23H2,1-2H3/b12-6+/t25-,34+/m0/s1. The molecule has 2 atom stereocenters. The number of aromatic nitrogens is 2. The number of amides is 1. The number of piperazine rings is 1. The maximum atomic E-state index is 13.0. The first-order valence-electron chi connectivity index (χ1n) is 15.7. The number of nitrogens with zero attached hydrogens (tertiary/aromatic N) is 7. The molecule has 0 aliphatic carbocycles. The predicted molar refractivity (Wildman–Crippen MR) is 176 cm³/mol. The van der Waals surface area contributed by atoms with Crippen LogP contribution in [0.1, 0.15) is 37.4 Å². The van der Waals surface area contributed by atoms with Crippen LogP contribution in [0.2, 0.25) is 5.02 Å². The summed E-state index contributed by atoms with van der Waals surface area (Å²) in [5.74, 6) is 0.604. The summed E-state index contributed by atoms with van der Waals surface area (Å²) in [6.07, 6.45) is 5.95. The van der Waals surface area contributed by atoms with Crippen molar-refractivity contribution in [2.24, 2.45) is 0 Å². The zero-order valence-electron chi connectivity index (χ0n) is 26.0. The van der Waals surface area contributed by atoms with Gasteiger partial charge in [0.15, 0.2) is 0 Å². The Kier molecular flexibility index (Phi) is 9.13. The molecule has 4 heterocycles. The van der Waals surface area contributed by atoms with Crippen LogP contribution in [0, 0.1) is 11.3 Å². The minimum Gasteiger partial charge on any atom is -0.462 e. The number of likely N-dealkylation sites (tertiary alicyclic amines) is 1. The van der Waals surface area contributed by atoms with Crippen molar-refractivity contribution < 1.29 is 14.6 Å². The molecule has 3 aromatic rings. The van der Waals surface area contributed by atoms with Gasteiger partial charge in [0.2, 0.25) is 5.91 Å². The van der Waals surface area contributed by atoms with Gasteiger partial charge in [-0.2, -0.15) is 15.2 Å². The van der Waals surface area contributed by atoms with E-state index in [0.717, 1.165) is 70.9 Å². The van der Waals surface area contributed by atoms with E-state index in [9.17, 15) is 15.2 Å². The monoisotopic (exact) mass is 629 g/mol. The normalized spacial score (nSPS) is 22.2. The first kappa shape index (κ1) is 31.1. The van der Waals surface area contributed by atoms with Gasteiger partial charge in [-0.3, -0.25) is 4.79 Å². The molecule has 3 aliphatic rings. The number of likely N-dealkylation sites (N-methyl/N-ethyl adjacent to an activating group) is 1. The van der Waals surface area contributed by atoms with Crippen molar-refractivity contribution in [2.45, 2.75) is 50.7 Å². The Hall–Kier alpha value is -3.91. The molecule has 1 amide bonds. The molecule has 45 heavy (non-hydrogen) atoms. The minimum atomic E-state index is -0.740. The lowest BCUT2D eigenvalue weighted by Gasteiger charge is -2.48. The molecule has 1 N–H and O–H groups in total. The lowest BCUT2D eigenvalue weighted by molar-refractivity contribution is -0.132. The largest absolute Gasteiger partial charge is 0.462 e. The van der Waals surface area contributed by atoms with Crippen molar-refractivity contribution in [3.8, 4) is 12.1 Å². The van der Waals surface area contributed by atoms with E-state index >= 15 is 0 Å².